The zero-order valence-electron chi connectivity index (χ0n) is 10.9. The van der Waals surface area contributed by atoms with Crippen molar-refractivity contribution >= 4 is 0 Å². The molecule has 0 aliphatic carbocycles. The topological polar surface area (TPSA) is 44.7 Å². The van der Waals surface area contributed by atoms with Gasteiger partial charge in [0.25, 0.3) is 0 Å². The first-order valence-corrected chi connectivity index (χ1v) is 5.85. The summed E-state index contributed by atoms with van der Waals surface area (Å²) in [6.45, 7) is 2.67. The van der Waals surface area contributed by atoms with Crippen molar-refractivity contribution < 1.29 is 9.84 Å². The third-order valence-corrected chi connectivity index (χ3v) is 2.58. The summed E-state index contributed by atoms with van der Waals surface area (Å²) in [5.74, 6) is 0.757. The first-order valence-electron chi connectivity index (χ1n) is 5.85. The number of methoxy groups -OCH3 is 1. The summed E-state index contributed by atoms with van der Waals surface area (Å²) < 4.78 is 5.06. The zero-order chi connectivity index (χ0) is 12.7. The van der Waals surface area contributed by atoms with Crippen LogP contribution in [0.4, 0.5) is 0 Å². The third kappa shape index (κ3) is 4.63. The molecule has 0 saturated heterocycles. The third-order valence-electron chi connectivity index (χ3n) is 2.58. The maximum Gasteiger partial charge on any atom is 0.162 e. The van der Waals surface area contributed by atoms with Crippen molar-refractivity contribution in [1.82, 2.24) is 10.2 Å². The van der Waals surface area contributed by atoms with Gasteiger partial charge in [-0.1, -0.05) is 12.1 Å². The van der Waals surface area contributed by atoms with E-state index in [-0.39, 0.29) is 5.75 Å². The first kappa shape index (κ1) is 13.8. The van der Waals surface area contributed by atoms with Gasteiger partial charge >= 0.3 is 0 Å². The van der Waals surface area contributed by atoms with Crippen LogP contribution in [0.5, 0.6) is 11.5 Å². The Morgan fingerprint density at radius 1 is 1.35 bits per heavy atom. The molecule has 0 amide bonds. The number of benzene rings is 1. The highest BCUT2D eigenvalue weighted by Crippen LogP contribution is 2.28. The Morgan fingerprint density at radius 2 is 2.12 bits per heavy atom. The predicted octanol–water partition coefficient (Wildman–Crippen LogP) is 1.44. The van der Waals surface area contributed by atoms with E-state index in [0.29, 0.717) is 12.3 Å². The number of hydrogen-bond acceptors (Lipinski definition) is 4. The van der Waals surface area contributed by atoms with Crippen LogP contribution < -0.4 is 10.1 Å². The van der Waals surface area contributed by atoms with E-state index in [9.17, 15) is 5.11 Å². The molecule has 0 aliphatic rings. The Balaban J connectivity index is 2.36. The van der Waals surface area contributed by atoms with Gasteiger partial charge in [0.1, 0.15) is 0 Å². The van der Waals surface area contributed by atoms with E-state index in [4.69, 9.17) is 4.74 Å². The zero-order valence-corrected chi connectivity index (χ0v) is 10.9. The maximum absolute atomic E-state index is 9.86. The van der Waals surface area contributed by atoms with Crippen LogP contribution in [0, 0.1) is 0 Å². The fourth-order valence-electron chi connectivity index (χ4n) is 1.62. The number of nitrogens with zero attached hydrogens (tertiary/aromatic N) is 1. The number of rotatable bonds is 7. The summed E-state index contributed by atoms with van der Waals surface area (Å²) in [5, 5.41) is 13.2. The number of hydrogen-bond donors (Lipinski definition) is 2. The van der Waals surface area contributed by atoms with Crippen molar-refractivity contribution in [3.63, 3.8) is 0 Å². The Morgan fingerprint density at radius 3 is 2.76 bits per heavy atom. The lowest BCUT2D eigenvalue weighted by Crippen LogP contribution is -2.21. The smallest absolute Gasteiger partial charge is 0.162 e. The van der Waals surface area contributed by atoms with E-state index in [2.05, 4.69) is 24.3 Å². The SMILES string of the molecule is COc1cccc(CNCCCN(C)C)c1O. The molecule has 0 atom stereocenters. The Hall–Kier alpha value is -1.26. The van der Waals surface area contributed by atoms with Crippen LogP contribution in [0.25, 0.3) is 0 Å². The Kier molecular flexibility index (Phi) is 5.80. The lowest BCUT2D eigenvalue weighted by molar-refractivity contribution is 0.368. The van der Waals surface area contributed by atoms with E-state index >= 15 is 0 Å². The van der Waals surface area contributed by atoms with Crippen LogP contribution in [-0.2, 0) is 6.54 Å². The van der Waals surface area contributed by atoms with E-state index in [0.717, 1.165) is 25.1 Å². The van der Waals surface area contributed by atoms with Crippen molar-refractivity contribution in [2.45, 2.75) is 13.0 Å². The Labute approximate surface area is 103 Å². The molecule has 0 unspecified atom stereocenters. The van der Waals surface area contributed by atoms with Crippen LogP contribution in [-0.4, -0.2) is 44.3 Å². The average Bonchev–Trinajstić information content (AvgIpc) is 2.30. The van der Waals surface area contributed by atoms with Crippen molar-refractivity contribution in [1.29, 1.82) is 0 Å². The number of ether oxygens (including phenoxy) is 1. The average molecular weight is 238 g/mol. The summed E-state index contributed by atoms with van der Waals surface area (Å²) in [5.41, 5.74) is 0.870. The van der Waals surface area contributed by atoms with Crippen LogP contribution in [0.1, 0.15) is 12.0 Å². The van der Waals surface area contributed by atoms with Crippen LogP contribution >= 0.6 is 0 Å². The monoisotopic (exact) mass is 238 g/mol. The van der Waals surface area contributed by atoms with Crippen LogP contribution in [0.2, 0.25) is 0 Å². The van der Waals surface area contributed by atoms with Gasteiger partial charge in [-0.05, 0) is 39.7 Å². The standard InChI is InChI=1S/C13H22N2O2/c1-15(2)9-5-8-14-10-11-6-4-7-12(17-3)13(11)16/h4,6-7,14,16H,5,8-10H2,1-3H3. The van der Waals surface area contributed by atoms with E-state index in [1.807, 2.05) is 12.1 Å². The van der Waals surface area contributed by atoms with Gasteiger partial charge in [-0.3, -0.25) is 0 Å². The van der Waals surface area contributed by atoms with Gasteiger partial charge < -0.3 is 20.1 Å². The summed E-state index contributed by atoms with van der Waals surface area (Å²) >= 11 is 0. The molecular formula is C13H22N2O2. The molecule has 0 bridgehead atoms. The Bertz CT molecular complexity index is 340. The number of nitrogens with one attached hydrogen (secondary N) is 1. The van der Waals surface area contributed by atoms with Gasteiger partial charge in [0.05, 0.1) is 7.11 Å². The lowest BCUT2D eigenvalue weighted by Gasteiger charge is -2.11. The van der Waals surface area contributed by atoms with Crippen LogP contribution in [0.15, 0.2) is 18.2 Å². The molecule has 0 saturated carbocycles. The minimum atomic E-state index is 0.232. The molecule has 0 spiro atoms. The first-order chi connectivity index (χ1) is 8.15. The molecule has 17 heavy (non-hydrogen) atoms. The highest BCUT2D eigenvalue weighted by Gasteiger charge is 2.06. The van der Waals surface area contributed by atoms with Crippen molar-refractivity contribution in [3.8, 4) is 11.5 Å². The molecule has 0 radical (unpaired) electrons. The summed E-state index contributed by atoms with van der Waals surface area (Å²) in [4.78, 5) is 2.16. The molecule has 96 valence electrons. The number of aromatic hydroxyl groups is 1. The molecular weight excluding hydrogens is 216 g/mol. The molecule has 0 heterocycles. The summed E-state index contributed by atoms with van der Waals surface area (Å²) in [6.07, 6.45) is 1.09. The van der Waals surface area contributed by atoms with Gasteiger partial charge in [0.2, 0.25) is 0 Å². The number of phenolic OH excluding ortho intramolecular Hbond substituents is 1. The van der Waals surface area contributed by atoms with Crippen LogP contribution in [0.3, 0.4) is 0 Å². The van der Waals surface area contributed by atoms with Gasteiger partial charge in [-0.15, -0.1) is 0 Å². The summed E-state index contributed by atoms with van der Waals surface area (Å²) in [6, 6.07) is 5.54. The molecule has 1 aromatic rings. The molecule has 0 aromatic heterocycles. The largest absolute Gasteiger partial charge is 0.504 e. The minimum Gasteiger partial charge on any atom is -0.504 e. The molecule has 1 aromatic carbocycles. The highest BCUT2D eigenvalue weighted by atomic mass is 16.5. The second kappa shape index (κ2) is 7.14. The van der Waals surface area contributed by atoms with Gasteiger partial charge in [0.15, 0.2) is 11.5 Å². The van der Waals surface area contributed by atoms with Gasteiger partial charge in [-0.2, -0.15) is 0 Å². The van der Waals surface area contributed by atoms with E-state index < -0.39 is 0 Å². The maximum atomic E-state index is 9.86. The molecule has 1 rings (SSSR count). The van der Waals surface area contributed by atoms with Gasteiger partial charge in [0, 0.05) is 12.1 Å². The molecule has 0 aliphatic heterocycles. The minimum absolute atomic E-state index is 0.232. The molecule has 2 N–H and O–H groups in total. The van der Waals surface area contributed by atoms with Crippen molar-refractivity contribution in [2.24, 2.45) is 0 Å². The summed E-state index contributed by atoms with van der Waals surface area (Å²) in [7, 11) is 5.69. The van der Waals surface area contributed by atoms with Gasteiger partial charge in [-0.25, -0.2) is 0 Å². The second-order valence-electron chi connectivity index (χ2n) is 4.30. The van der Waals surface area contributed by atoms with E-state index in [1.54, 1.807) is 13.2 Å². The normalized spacial score (nSPS) is 10.8. The highest BCUT2D eigenvalue weighted by molar-refractivity contribution is 5.45. The second-order valence-corrected chi connectivity index (χ2v) is 4.30. The fourth-order valence-corrected chi connectivity index (χ4v) is 1.62. The van der Waals surface area contributed by atoms with E-state index in [1.165, 1.54) is 0 Å². The van der Waals surface area contributed by atoms with Crippen molar-refractivity contribution in [3.05, 3.63) is 23.8 Å². The number of phenols is 1. The quantitative estimate of drug-likeness (QED) is 0.706. The fraction of sp³-hybridized carbons (Fsp3) is 0.538. The predicted molar refractivity (Wildman–Crippen MR) is 69.5 cm³/mol. The lowest BCUT2D eigenvalue weighted by atomic mass is 10.2. The molecule has 4 heteroatoms. The number of para-hydroxylation sites is 1. The molecule has 0 fully saturated rings. The van der Waals surface area contributed by atoms with Crippen molar-refractivity contribution in [2.75, 3.05) is 34.3 Å². The molecule has 4 nitrogen and oxygen atoms in total.